The average molecular weight is 508 g/mol. The number of ether oxygens (including phenoxy) is 1. The van der Waals surface area contributed by atoms with Crippen LogP contribution in [0.2, 0.25) is 0 Å². The Bertz CT molecular complexity index is 1420. The Morgan fingerprint density at radius 2 is 1.89 bits per heavy atom. The van der Waals surface area contributed by atoms with Gasteiger partial charge in [-0.2, -0.15) is 0 Å². The molecule has 194 valence electrons. The summed E-state index contributed by atoms with van der Waals surface area (Å²) in [5.74, 6) is -1.61. The van der Waals surface area contributed by atoms with Crippen molar-refractivity contribution < 1.29 is 23.8 Å². The van der Waals surface area contributed by atoms with E-state index in [4.69, 9.17) is 4.74 Å². The van der Waals surface area contributed by atoms with E-state index in [2.05, 4.69) is 4.90 Å². The molecule has 2 fully saturated rings. The number of hydrogen-bond donors (Lipinski definition) is 1. The van der Waals surface area contributed by atoms with Gasteiger partial charge in [0.15, 0.2) is 17.3 Å². The number of benzene rings is 2. The molecule has 0 spiro atoms. The van der Waals surface area contributed by atoms with Crippen molar-refractivity contribution in [2.45, 2.75) is 38.3 Å². The lowest BCUT2D eigenvalue weighted by Crippen LogP contribution is -2.52. The zero-order valence-corrected chi connectivity index (χ0v) is 20.9. The van der Waals surface area contributed by atoms with Crippen LogP contribution in [0, 0.1) is 5.82 Å². The number of nitrogens with zero attached hydrogens (tertiary/aromatic N) is 3. The summed E-state index contributed by atoms with van der Waals surface area (Å²) < 4.78 is 23.1. The number of carboxylic acids is 1. The van der Waals surface area contributed by atoms with E-state index in [-0.39, 0.29) is 40.3 Å². The molecule has 9 heteroatoms. The van der Waals surface area contributed by atoms with Crippen LogP contribution in [0.4, 0.5) is 10.1 Å². The normalized spacial score (nSPS) is 18.2. The second-order valence-corrected chi connectivity index (χ2v) is 9.82. The summed E-state index contributed by atoms with van der Waals surface area (Å²) in [6.45, 7) is 4.32. The van der Waals surface area contributed by atoms with E-state index in [0.29, 0.717) is 43.7 Å². The number of fused-ring (bicyclic) bond motifs is 1. The quantitative estimate of drug-likeness (QED) is 0.462. The van der Waals surface area contributed by atoms with Gasteiger partial charge in [-0.05, 0) is 25.8 Å². The van der Waals surface area contributed by atoms with Crippen molar-refractivity contribution in [1.82, 2.24) is 9.47 Å². The number of methoxy groups -OCH3 is 1. The molecule has 1 atom stereocenters. The molecule has 1 unspecified atom stereocenters. The Labute approximate surface area is 213 Å². The fourth-order valence-electron chi connectivity index (χ4n) is 5.27. The van der Waals surface area contributed by atoms with Crippen LogP contribution in [0.15, 0.2) is 47.4 Å². The summed E-state index contributed by atoms with van der Waals surface area (Å²) in [5, 5.41) is 9.54. The van der Waals surface area contributed by atoms with Gasteiger partial charge >= 0.3 is 5.97 Å². The van der Waals surface area contributed by atoms with Gasteiger partial charge in [0.05, 0.1) is 18.0 Å². The van der Waals surface area contributed by atoms with E-state index in [9.17, 15) is 19.5 Å². The van der Waals surface area contributed by atoms with Gasteiger partial charge in [0, 0.05) is 56.4 Å². The van der Waals surface area contributed by atoms with Crippen LogP contribution >= 0.6 is 0 Å². The van der Waals surface area contributed by atoms with Crippen LogP contribution in [0.1, 0.15) is 52.9 Å². The minimum absolute atomic E-state index is 0.0102. The van der Waals surface area contributed by atoms with Gasteiger partial charge < -0.3 is 19.3 Å². The maximum absolute atomic E-state index is 15.6. The molecule has 8 nitrogen and oxygen atoms in total. The Morgan fingerprint density at radius 3 is 2.51 bits per heavy atom. The first-order valence-electron chi connectivity index (χ1n) is 12.6. The number of carboxylic acid groups (broad SMARTS) is 1. The van der Waals surface area contributed by atoms with Crippen LogP contribution in [-0.4, -0.2) is 65.7 Å². The Hall–Kier alpha value is -3.72. The van der Waals surface area contributed by atoms with Gasteiger partial charge in [-0.25, -0.2) is 9.18 Å². The standard InChI is InChI=1S/C28H30FN3O5/c1-17-15-31(13-12-30(17)11-10-23(33)18-6-4-3-5-7-18)25-22(29)14-20-24(27(25)37-2)32(19-8-9-19)16-21(26(20)34)28(35)36/h3-7,14,16-17,19H,8-13,15H2,1-2H3,(H,35,36). The predicted octanol–water partition coefficient (Wildman–Crippen LogP) is 3.97. The van der Waals surface area contributed by atoms with E-state index in [1.165, 1.54) is 13.3 Å². The van der Waals surface area contributed by atoms with Crippen LogP contribution in [0.25, 0.3) is 10.9 Å². The summed E-state index contributed by atoms with van der Waals surface area (Å²) in [6, 6.07) is 10.5. The predicted molar refractivity (Wildman–Crippen MR) is 139 cm³/mol. The van der Waals surface area contributed by atoms with Crippen molar-refractivity contribution in [2.24, 2.45) is 0 Å². The highest BCUT2D eigenvalue weighted by molar-refractivity contribution is 5.97. The van der Waals surface area contributed by atoms with Crippen LogP contribution in [0.3, 0.4) is 0 Å². The van der Waals surface area contributed by atoms with Crippen LogP contribution in [-0.2, 0) is 0 Å². The third-order valence-corrected chi connectivity index (χ3v) is 7.38. The van der Waals surface area contributed by atoms with E-state index < -0.39 is 17.2 Å². The molecule has 0 bridgehead atoms. The molecule has 1 aromatic heterocycles. The highest BCUT2D eigenvalue weighted by Crippen LogP contribution is 2.44. The van der Waals surface area contributed by atoms with E-state index >= 15 is 4.39 Å². The fraction of sp³-hybridized carbons (Fsp3) is 0.393. The Balaban J connectivity index is 1.43. The minimum Gasteiger partial charge on any atom is -0.492 e. The number of rotatable bonds is 8. The fourth-order valence-corrected chi connectivity index (χ4v) is 5.27. The third-order valence-electron chi connectivity index (χ3n) is 7.38. The lowest BCUT2D eigenvalue weighted by Gasteiger charge is -2.41. The summed E-state index contributed by atoms with van der Waals surface area (Å²) in [4.78, 5) is 41.3. The summed E-state index contributed by atoms with van der Waals surface area (Å²) in [5.41, 5.74) is 0.313. The first-order chi connectivity index (χ1) is 17.8. The number of aromatic carboxylic acids is 1. The number of piperazine rings is 1. The molecule has 3 aromatic rings. The highest BCUT2D eigenvalue weighted by atomic mass is 19.1. The number of pyridine rings is 1. The Morgan fingerprint density at radius 1 is 1.16 bits per heavy atom. The van der Waals surface area contributed by atoms with Gasteiger partial charge in [0.1, 0.15) is 11.3 Å². The third kappa shape index (κ3) is 4.71. The van der Waals surface area contributed by atoms with Crippen molar-refractivity contribution in [2.75, 3.05) is 38.2 Å². The van der Waals surface area contributed by atoms with E-state index in [1.807, 2.05) is 42.2 Å². The molecular weight excluding hydrogens is 477 g/mol. The van der Waals surface area contributed by atoms with Crippen molar-refractivity contribution >= 4 is 28.3 Å². The van der Waals surface area contributed by atoms with Gasteiger partial charge in [-0.15, -0.1) is 0 Å². The molecule has 2 heterocycles. The van der Waals surface area contributed by atoms with Crippen molar-refractivity contribution in [3.05, 3.63) is 69.8 Å². The number of ketones is 1. The Kier molecular flexibility index (Phi) is 6.72. The molecular formula is C28H30FN3O5. The van der Waals surface area contributed by atoms with Crippen LogP contribution < -0.4 is 15.1 Å². The zero-order chi connectivity index (χ0) is 26.3. The van der Waals surface area contributed by atoms with E-state index in [0.717, 1.165) is 18.9 Å². The smallest absolute Gasteiger partial charge is 0.341 e. The zero-order valence-electron chi connectivity index (χ0n) is 20.9. The topological polar surface area (TPSA) is 92.1 Å². The maximum atomic E-state index is 15.6. The van der Waals surface area contributed by atoms with Gasteiger partial charge in [0.25, 0.3) is 0 Å². The highest BCUT2D eigenvalue weighted by Gasteiger charge is 2.33. The van der Waals surface area contributed by atoms with Crippen molar-refractivity contribution in [1.29, 1.82) is 0 Å². The average Bonchev–Trinajstić information content (AvgIpc) is 3.73. The summed E-state index contributed by atoms with van der Waals surface area (Å²) in [6.07, 6.45) is 3.47. The van der Waals surface area contributed by atoms with Gasteiger partial charge in [-0.1, -0.05) is 30.3 Å². The first kappa shape index (κ1) is 25.0. The second kappa shape index (κ2) is 9.97. The number of halogens is 1. The largest absolute Gasteiger partial charge is 0.492 e. The number of aromatic nitrogens is 1. The molecule has 2 aliphatic rings. The molecule has 1 aliphatic carbocycles. The minimum atomic E-state index is -1.33. The number of anilines is 1. The molecule has 1 saturated heterocycles. The van der Waals surface area contributed by atoms with Gasteiger partial charge in [-0.3, -0.25) is 14.5 Å². The molecule has 37 heavy (non-hydrogen) atoms. The summed E-state index contributed by atoms with van der Waals surface area (Å²) in [7, 11) is 1.44. The maximum Gasteiger partial charge on any atom is 0.341 e. The summed E-state index contributed by atoms with van der Waals surface area (Å²) >= 11 is 0. The lowest BCUT2D eigenvalue weighted by atomic mass is 10.1. The first-order valence-corrected chi connectivity index (χ1v) is 12.6. The molecule has 1 saturated carbocycles. The number of hydrogen-bond acceptors (Lipinski definition) is 6. The molecule has 2 aromatic carbocycles. The molecule has 5 rings (SSSR count). The molecule has 1 aliphatic heterocycles. The number of Topliss-reactive ketones (excluding diaryl/α,β-unsaturated/α-hetero) is 1. The molecule has 0 radical (unpaired) electrons. The van der Waals surface area contributed by atoms with Crippen molar-refractivity contribution in [3.8, 4) is 5.75 Å². The van der Waals surface area contributed by atoms with E-state index in [1.54, 1.807) is 4.57 Å². The molecule has 0 amide bonds. The van der Waals surface area contributed by atoms with Crippen LogP contribution in [0.5, 0.6) is 5.75 Å². The van der Waals surface area contributed by atoms with Gasteiger partial charge in [0.2, 0.25) is 5.43 Å². The number of carbonyl (C=O) groups excluding carboxylic acids is 1. The molecule has 1 N–H and O–H groups in total. The SMILES string of the molecule is COc1c(N2CCN(CCC(=O)c3ccccc3)C(C)C2)c(F)cc2c(=O)c(C(=O)O)cn(C3CC3)c12. The number of carbonyl (C=O) groups is 2. The van der Waals surface area contributed by atoms with Crippen molar-refractivity contribution in [3.63, 3.8) is 0 Å². The monoisotopic (exact) mass is 507 g/mol. The lowest BCUT2D eigenvalue weighted by molar-refractivity contribution is 0.0694. The second-order valence-electron chi connectivity index (χ2n) is 9.82.